The molecule has 2 aromatic carbocycles. The number of hydrogen-bond acceptors (Lipinski definition) is 4. The topological polar surface area (TPSA) is 90.0 Å². The molecule has 0 aromatic heterocycles. The van der Waals surface area contributed by atoms with E-state index in [0.717, 1.165) is 36.0 Å². The van der Waals surface area contributed by atoms with E-state index in [0.29, 0.717) is 37.1 Å². The first-order valence-electron chi connectivity index (χ1n) is 13.7. The fourth-order valence-electron chi connectivity index (χ4n) is 8.01. The fraction of sp³-hybridized carbons (Fsp3) is 0.500. The molecule has 1 heterocycles. The highest BCUT2D eigenvalue weighted by atomic mass is 16.5. The Hall–Kier alpha value is -3.19. The summed E-state index contributed by atoms with van der Waals surface area (Å²) in [7, 11) is 0. The van der Waals surface area contributed by atoms with Gasteiger partial charge in [0.2, 0.25) is 5.91 Å². The number of amides is 4. The molecular weight excluding hydrogens is 466 g/mol. The van der Waals surface area contributed by atoms with E-state index in [1.807, 2.05) is 30.3 Å². The van der Waals surface area contributed by atoms with Gasteiger partial charge in [-0.05, 0) is 85.8 Å². The van der Waals surface area contributed by atoms with Gasteiger partial charge in [-0.15, -0.1) is 0 Å². The summed E-state index contributed by atoms with van der Waals surface area (Å²) in [6.45, 7) is 0.360. The Morgan fingerprint density at radius 1 is 0.892 bits per heavy atom. The van der Waals surface area contributed by atoms with Crippen molar-refractivity contribution in [1.29, 1.82) is 0 Å². The lowest BCUT2D eigenvalue weighted by atomic mass is 9.52. The van der Waals surface area contributed by atoms with Gasteiger partial charge in [-0.3, -0.25) is 19.7 Å². The van der Waals surface area contributed by atoms with Crippen molar-refractivity contribution < 1.29 is 19.6 Å². The summed E-state index contributed by atoms with van der Waals surface area (Å²) in [4.78, 5) is 42.9. The van der Waals surface area contributed by atoms with Crippen molar-refractivity contribution in [2.45, 2.75) is 75.9 Å². The van der Waals surface area contributed by atoms with Crippen LogP contribution in [0.3, 0.4) is 0 Å². The first kappa shape index (κ1) is 24.2. The van der Waals surface area contributed by atoms with E-state index in [1.54, 1.807) is 15.3 Å². The number of benzene rings is 2. The Labute approximate surface area is 217 Å². The number of imide groups is 1. The van der Waals surface area contributed by atoms with Gasteiger partial charge in [0.15, 0.2) is 0 Å². The van der Waals surface area contributed by atoms with Crippen LogP contribution in [0.5, 0.6) is 0 Å². The van der Waals surface area contributed by atoms with Gasteiger partial charge in [0, 0.05) is 13.0 Å². The highest BCUT2D eigenvalue weighted by Crippen LogP contribution is 2.58. The predicted molar refractivity (Wildman–Crippen MR) is 138 cm³/mol. The molecule has 2 aromatic rings. The summed E-state index contributed by atoms with van der Waals surface area (Å²) >= 11 is 0. The molecule has 7 rings (SSSR count). The SMILES string of the molecule is O=C(CCCC1C(=O)N(C23CC4CC(CC(C4)C2)C3)C(=O)N1Cc1ccc(-c2ccccc2)cc1)NO. The van der Waals surface area contributed by atoms with Gasteiger partial charge in [-0.2, -0.15) is 0 Å². The molecule has 2 N–H and O–H groups in total. The van der Waals surface area contributed by atoms with E-state index in [1.165, 1.54) is 19.3 Å². The molecule has 0 radical (unpaired) electrons. The molecule has 5 fully saturated rings. The number of nitrogens with one attached hydrogen (secondary N) is 1. The second-order valence-corrected chi connectivity index (χ2v) is 11.7. The van der Waals surface area contributed by atoms with Crippen LogP contribution in [0.25, 0.3) is 11.1 Å². The number of urea groups is 1. The van der Waals surface area contributed by atoms with Crippen molar-refractivity contribution >= 4 is 17.8 Å². The van der Waals surface area contributed by atoms with Crippen LogP contribution in [0.15, 0.2) is 54.6 Å². The molecule has 1 atom stereocenters. The molecule has 5 aliphatic rings. The molecule has 194 valence electrons. The van der Waals surface area contributed by atoms with Crippen LogP contribution in [-0.4, -0.2) is 44.4 Å². The van der Waals surface area contributed by atoms with E-state index < -0.39 is 11.9 Å². The van der Waals surface area contributed by atoms with Crippen molar-refractivity contribution in [2.75, 3.05) is 0 Å². The van der Waals surface area contributed by atoms with E-state index >= 15 is 0 Å². The quantitative estimate of drug-likeness (QED) is 0.298. The minimum Gasteiger partial charge on any atom is -0.308 e. The van der Waals surface area contributed by atoms with Crippen molar-refractivity contribution in [2.24, 2.45) is 17.8 Å². The smallest absolute Gasteiger partial charge is 0.308 e. The van der Waals surface area contributed by atoms with Crippen molar-refractivity contribution in [3.63, 3.8) is 0 Å². The third kappa shape index (κ3) is 4.43. The molecule has 1 aliphatic heterocycles. The lowest BCUT2D eigenvalue weighted by Crippen LogP contribution is -2.62. The lowest BCUT2D eigenvalue weighted by molar-refractivity contribution is -0.141. The van der Waals surface area contributed by atoms with E-state index in [9.17, 15) is 14.4 Å². The molecule has 7 heteroatoms. The van der Waals surface area contributed by atoms with E-state index in [2.05, 4.69) is 24.3 Å². The third-order valence-corrected chi connectivity index (χ3v) is 9.22. The zero-order chi connectivity index (χ0) is 25.6. The first-order chi connectivity index (χ1) is 18.0. The molecule has 37 heavy (non-hydrogen) atoms. The van der Waals surface area contributed by atoms with Crippen molar-refractivity contribution in [3.8, 4) is 11.1 Å². The summed E-state index contributed by atoms with van der Waals surface area (Å²) < 4.78 is 0. The van der Waals surface area contributed by atoms with Crippen molar-refractivity contribution in [3.05, 3.63) is 60.2 Å². The predicted octanol–water partition coefficient (Wildman–Crippen LogP) is 5.13. The summed E-state index contributed by atoms with van der Waals surface area (Å²) in [5.74, 6) is 1.30. The number of carbonyl (C=O) groups excluding carboxylic acids is 3. The van der Waals surface area contributed by atoms with E-state index in [4.69, 9.17) is 5.21 Å². The van der Waals surface area contributed by atoms with Crippen LogP contribution < -0.4 is 5.48 Å². The summed E-state index contributed by atoms with van der Waals surface area (Å²) in [6.07, 6.45) is 7.50. The lowest BCUT2D eigenvalue weighted by Gasteiger charge is -2.58. The maximum absolute atomic E-state index is 14.0. The Balaban J connectivity index is 1.25. The zero-order valence-corrected chi connectivity index (χ0v) is 21.1. The van der Waals surface area contributed by atoms with Crippen LogP contribution in [0.4, 0.5) is 4.79 Å². The van der Waals surface area contributed by atoms with Gasteiger partial charge < -0.3 is 4.90 Å². The van der Waals surface area contributed by atoms with Gasteiger partial charge in [0.05, 0.1) is 5.54 Å². The minimum atomic E-state index is -0.583. The average Bonchev–Trinajstić information content (AvgIpc) is 3.13. The molecular formula is C30H35N3O4. The average molecular weight is 502 g/mol. The van der Waals surface area contributed by atoms with Crippen LogP contribution in [0, 0.1) is 17.8 Å². The molecule has 1 saturated heterocycles. The number of rotatable bonds is 8. The molecule has 4 bridgehead atoms. The second kappa shape index (κ2) is 9.60. The highest BCUT2D eigenvalue weighted by Gasteiger charge is 2.60. The Morgan fingerprint density at radius 3 is 2.08 bits per heavy atom. The van der Waals surface area contributed by atoms with E-state index in [-0.39, 0.29) is 23.9 Å². The van der Waals surface area contributed by atoms with Gasteiger partial charge in [0.1, 0.15) is 6.04 Å². The summed E-state index contributed by atoms with van der Waals surface area (Å²) in [5.41, 5.74) is 4.54. The zero-order valence-electron chi connectivity index (χ0n) is 21.1. The maximum Gasteiger partial charge on any atom is 0.328 e. The number of hydrogen-bond donors (Lipinski definition) is 2. The Bertz CT molecular complexity index is 1140. The van der Waals surface area contributed by atoms with Gasteiger partial charge >= 0.3 is 6.03 Å². The minimum absolute atomic E-state index is 0.0998. The molecule has 4 amide bonds. The number of nitrogens with zero attached hydrogens (tertiary/aromatic N) is 2. The number of carbonyl (C=O) groups is 3. The fourth-order valence-corrected chi connectivity index (χ4v) is 8.01. The van der Waals surface area contributed by atoms with Crippen LogP contribution in [-0.2, 0) is 16.1 Å². The normalized spacial score (nSPS) is 30.3. The number of hydroxylamine groups is 1. The largest absolute Gasteiger partial charge is 0.328 e. The molecule has 1 unspecified atom stereocenters. The Kier molecular flexibility index (Phi) is 6.27. The van der Waals surface area contributed by atoms with Gasteiger partial charge in [-0.25, -0.2) is 10.3 Å². The first-order valence-corrected chi connectivity index (χ1v) is 13.7. The van der Waals surface area contributed by atoms with Gasteiger partial charge in [-0.1, -0.05) is 54.6 Å². The summed E-state index contributed by atoms with van der Waals surface area (Å²) in [5, 5.41) is 8.87. The molecule has 0 spiro atoms. The summed E-state index contributed by atoms with van der Waals surface area (Å²) in [6, 6.07) is 17.6. The molecule has 7 nitrogen and oxygen atoms in total. The van der Waals surface area contributed by atoms with Crippen molar-refractivity contribution in [1.82, 2.24) is 15.3 Å². The monoisotopic (exact) mass is 501 g/mol. The Morgan fingerprint density at radius 2 is 1.49 bits per heavy atom. The second-order valence-electron chi connectivity index (χ2n) is 11.7. The molecule has 4 aliphatic carbocycles. The van der Waals surface area contributed by atoms with Crippen LogP contribution in [0.2, 0.25) is 0 Å². The van der Waals surface area contributed by atoms with Gasteiger partial charge in [0.25, 0.3) is 5.91 Å². The van der Waals surface area contributed by atoms with Crippen LogP contribution in [0.1, 0.15) is 63.4 Å². The highest BCUT2D eigenvalue weighted by molar-refractivity contribution is 6.05. The molecule has 4 saturated carbocycles. The standard InChI is InChI=1S/C30H35N3O4/c34-27(31-37)8-4-7-26-28(35)33(30-16-21-13-22(17-30)15-23(14-21)18-30)29(36)32(26)19-20-9-11-25(12-10-20)24-5-2-1-3-6-24/h1-3,5-6,9-12,21-23,26,37H,4,7-8,13-19H2,(H,31,34). The van der Waals surface area contributed by atoms with Crippen LogP contribution >= 0.6 is 0 Å². The third-order valence-electron chi connectivity index (χ3n) is 9.22. The maximum atomic E-state index is 14.0.